The zero-order valence-corrected chi connectivity index (χ0v) is 15.7. The lowest BCUT2D eigenvalue weighted by Crippen LogP contribution is -2.53. The molecule has 0 N–H and O–H groups in total. The number of hydrogen-bond donors (Lipinski definition) is 0. The molecule has 5 atom stereocenters. The Morgan fingerprint density at radius 3 is 2.93 bits per heavy atom. The van der Waals surface area contributed by atoms with E-state index in [0.717, 1.165) is 17.5 Å². The molecule has 144 valence electrons. The van der Waals surface area contributed by atoms with Crippen molar-refractivity contribution in [1.82, 2.24) is 4.90 Å². The minimum Gasteiger partial charge on any atom is -0.492 e. The molecule has 7 heteroatoms. The molecule has 4 aliphatic rings. The number of carbonyl (C=O) groups is 1. The molecule has 27 heavy (non-hydrogen) atoms. The van der Waals surface area contributed by atoms with Gasteiger partial charge in [-0.25, -0.2) is 0 Å². The second-order valence-corrected chi connectivity index (χ2v) is 7.52. The van der Waals surface area contributed by atoms with Crippen LogP contribution in [0.15, 0.2) is 18.2 Å². The van der Waals surface area contributed by atoms with Gasteiger partial charge in [-0.1, -0.05) is 12.2 Å². The van der Waals surface area contributed by atoms with E-state index in [1.807, 2.05) is 6.07 Å². The van der Waals surface area contributed by atoms with Crippen LogP contribution in [0, 0.1) is 0 Å². The van der Waals surface area contributed by atoms with Gasteiger partial charge in [-0.2, -0.15) is 0 Å². The largest absolute Gasteiger partial charge is 0.492 e. The summed E-state index contributed by atoms with van der Waals surface area (Å²) in [7, 11) is 3.38. The van der Waals surface area contributed by atoms with Gasteiger partial charge >= 0.3 is 5.97 Å². The highest BCUT2D eigenvalue weighted by molar-refractivity contribution is 5.68. The van der Waals surface area contributed by atoms with Crippen molar-refractivity contribution in [1.29, 1.82) is 0 Å². The van der Waals surface area contributed by atoms with E-state index in [9.17, 15) is 4.79 Å². The Hall–Kier alpha value is -2.25. The summed E-state index contributed by atoms with van der Waals surface area (Å²) in [6.07, 6.45) is 4.89. The van der Waals surface area contributed by atoms with Crippen LogP contribution >= 0.6 is 0 Å². The van der Waals surface area contributed by atoms with Crippen LogP contribution in [0.1, 0.15) is 24.5 Å². The third-order valence-corrected chi connectivity index (χ3v) is 6.33. The monoisotopic (exact) mass is 373 g/mol. The number of rotatable bonds is 3. The summed E-state index contributed by atoms with van der Waals surface area (Å²) in [6, 6.07) is 2.23. The summed E-state index contributed by atoms with van der Waals surface area (Å²) in [4.78, 5) is 14.2. The van der Waals surface area contributed by atoms with Gasteiger partial charge in [0.25, 0.3) is 0 Å². The third-order valence-electron chi connectivity index (χ3n) is 6.33. The van der Waals surface area contributed by atoms with E-state index in [-0.39, 0.29) is 31.0 Å². The zero-order chi connectivity index (χ0) is 18.8. The molecular weight excluding hydrogens is 350 g/mol. The summed E-state index contributed by atoms with van der Waals surface area (Å²) >= 11 is 0. The Bertz CT molecular complexity index is 836. The van der Waals surface area contributed by atoms with E-state index in [2.05, 4.69) is 17.1 Å². The number of hydrogen-bond acceptors (Lipinski definition) is 7. The quantitative estimate of drug-likeness (QED) is 0.591. The summed E-state index contributed by atoms with van der Waals surface area (Å²) in [5.41, 5.74) is 1.73. The fraction of sp³-hybridized carbons (Fsp3) is 0.550. The van der Waals surface area contributed by atoms with Gasteiger partial charge in [-0.15, -0.1) is 0 Å². The number of carbonyl (C=O) groups excluding carboxylic acids is 1. The van der Waals surface area contributed by atoms with E-state index in [0.29, 0.717) is 30.3 Å². The van der Waals surface area contributed by atoms with Crippen LogP contribution in [-0.2, 0) is 26.2 Å². The van der Waals surface area contributed by atoms with E-state index in [1.165, 1.54) is 6.92 Å². The highest BCUT2D eigenvalue weighted by Crippen LogP contribution is 2.57. The second-order valence-electron chi connectivity index (χ2n) is 7.52. The molecule has 0 saturated carbocycles. The van der Waals surface area contributed by atoms with Gasteiger partial charge in [0.05, 0.1) is 18.6 Å². The first-order chi connectivity index (χ1) is 13.1. The van der Waals surface area contributed by atoms with Crippen LogP contribution in [-0.4, -0.2) is 56.7 Å². The maximum Gasteiger partial charge on any atom is 0.302 e. The molecule has 1 saturated heterocycles. The average molecular weight is 373 g/mol. The van der Waals surface area contributed by atoms with E-state index < -0.39 is 5.41 Å². The number of esters is 1. The van der Waals surface area contributed by atoms with Gasteiger partial charge in [-0.05, 0) is 18.1 Å². The second kappa shape index (κ2) is 5.87. The van der Waals surface area contributed by atoms with Crippen LogP contribution in [0.2, 0.25) is 0 Å². The van der Waals surface area contributed by atoms with Crippen molar-refractivity contribution in [2.75, 3.05) is 27.6 Å². The SMILES string of the molecule is COc1c2c(cc3c1OCO3)[C@]13C=C[C@H](OC)C[C@H]1N(C2)C[C@H]3OC(C)=O. The molecule has 5 rings (SSSR count). The minimum atomic E-state index is -0.442. The molecule has 0 aromatic heterocycles. The zero-order valence-electron chi connectivity index (χ0n) is 15.7. The molecule has 1 aromatic carbocycles. The molecule has 1 aliphatic carbocycles. The molecule has 0 amide bonds. The van der Waals surface area contributed by atoms with Crippen LogP contribution in [0.5, 0.6) is 17.2 Å². The van der Waals surface area contributed by atoms with Crippen molar-refractivity contribution in [3.05, 3.63) is 29.3 Å². The smallest absolute Gasteiger partial charge is 0.302 e. The minimum absolute atomic E-state index is 0.0548. The lowest BCUT2D eigenvalue weighted by atomic mass is 9.65. The molecule has 7 nitrogen and oxygen atoms in total. The van der Waals surface area contributed by atoms with Gasteiger partial charge < -0.3 is 23.7 Å². The number of nitrogens with zero attached hydrogens (tertiary/aromatic N) is 1. The van der Waals surface area contributed by atoms with Crippen molar-refractivity contribution in [2.24, 2.45) is 0 Å². The topological polar surface area (TPSA) is 66.5 Å². The standard InChI is InChI=1S/C20H23NO6/c1-11(22)27-17-9-21-8-13-14(7-15-19(18(13)24-3)26-10-25-15)20(17)5-4-12(23-2)6-16(20)21/h4-5,7,12,16-17H,6,8-10H2,1-3H3/t12-,16+,17+,20+/m0/s1. The molecule has 0 radical (unpaired) electrons. The predicted octanol–water partition coefficient (Wildman–Crippen LogP) is 1.77. The maximum atomic E-state index is 11.8. The lowest BCUT2D eigenvalue weighted by Gasteiger charge is -2.46. The Morgan fingerprint density at radius 2 is 2.19 bits per heavy atom. The number of methoxy groups -OCH3 is 2. The van der Waals surface area contributed by atoms with Gasteiger partial charge in [0, 0.05) is 38.7 Å². The Morgan fingerprint density at radius 1 is 1.33 bits per heavy atom. The van der Waals surface area contributed by atoms with Crippen molar-refractivity contribution in [3.63, 3.8) is 0 Å². The Kier molecular flexibility index (Phi) is 3.67. The highest BCUT2D eigenvalue weighted by atomic mass is 16.7. The Balaban J connectivity index is 1.74. The van der Waals surface area contributed by atoms with Gasteiger partial charge in [0.15, 0.2) is 11.5 Å². The fourth-order valence-corrected chi connectivity index (χ4v) is 5.28. The summed E-state index contributed by atoms with van der Waals surface area (Å²) in [5.74, 6) is 1.79. The van der Waals surface area contributed by atoms with Crippen LogP contribution in [0.4, 0.5) is 0 Å². The molecular formula is C20H23NO6. The number of benzene rings is 1. The fourth-order valence-electron chi connectivity index (χ4n) is 5.28. The predicted molar refractivity (Wildman–Crippen MR) is 95.1 cm³/mol. The first-order valence-electron chi connectivity index (χ1n) is 9.21. The van der Waals surface area contributed by atoms with Gasteiger partial charge in [-0.3, -0.25) is 9.69 Å². The molecule has 1 unspecified atom stereocenters. The first kappa shape index (κ1) is 16.9. The van der Waals surface area contributed by atoms with Gasteiger partial charge in [0.1, 0.15) is 6.10 Å². The van der Waals surface area contributed by atoms with E-state index >= 15 is 0 Å². The molecule has 3 aliphatic heterocycles. The van der Waals surface area contributed by atoms with Crippen molar-refractivity contribution >= 4 is 5.97 Å². The van der Waals surface area contributed by atoms with E-state index in [4.69, 9.17) is 23.7 Å². The number of ether oxygens (including phenoxy) is 5. The summed E-state index contributed by atoms with van der Waals surface area (Å²) < 4.78 is 28.5. The summed E-state index contributed by atoms with van der Waals surface area (Å²) in [6.45, 7) is 3.04. The van der Waals surface area contributed by atoms with E-state index in [1.54, 1.807) is 14.2 Å². The summed E-state index contributed by atoms with van der Waals surface area (Å²) in [5, 5.41) is 0. The van der Waals surface area contributed by atoms with Crippen molar-refractivity contribution in [3.8, 4) is 17.2 Å². The van der Waals surface area contributed by atoms with Crippen molar-refractivity contribution < 1.29 is 28.5 Å². The third kappa shape index (κ3) is 2.18. The molecule has 1 aromatic rings. The van der Waals surface area contributed by atoms with Gasteiger partial charge in [0.2, 0.25) is 12.5 Å². The van der Waals surface area contributed by atoms with Crippen LogP contribution < -0.4 is 14.2 Å². The maximum absolute atomic E-state index is 11.8. The first-order valence-corrected chi connectivity index (χ1v) is 9.21. The van der Waals surface area contributed by atoms with Crippen LogP contribution in [0.3, 0.4) is 0 Å². The van der Waals surface area contributed by atoms with Crippen LogP contribution in [0.25, 0.3) is 0 Å². The molecule has 0 spiro atoms. The number of fused-ring (bicyclic) bond motifs is 2. The molecule has 1 fully saturated rings. The Labute approximate surface area is 157 Å². The van der Waals surface area contributed by atoms with Crippen molar-refractivity contribution in [2.45, 2.75) is 43.6 Å². The molecule has 2 bridgehead atoms. The highest BCUT2D eigenvalue weighted by Gasteiger charge is 2.61. The normalized spacial score (nSPS) is 34.8. The lowest BCUT2D eigenvalue weighted by molar-refractivity contribution is -0.147. The molecule has 3 heterocycles. The average Bonchev–Trinajstić information content (AvgIpc) is 3.21.